The number of carbonyl (C=O) groups is 2. The number of rotatable bonds is 6. The Labute approximate surface area is 124 Å². The largest absolute Gasteiger partial charge is 0.481 e. The lowest BCUT2D eigenvalue weighted by atomic mass is 9.88. The molecule has 1 amide bonds. The van der Waals surface area contributed by atoms with E-state index in [1.807, 2.05) is 13.8 Å². The molecule has 0 spiro atoms. The van der Waals surface area contributed by atoms with Crippen LogP contribution in [-0.2, 0) is 4.79 Å². The van der Waals surface area contributed by atoms with Crippen LogP contribution >= 0.6 is 11.6 Å². The first kappa shape index (κ1) is 16.5. The Hall–Kier alpha value is -1.55. The first-order valence-corrected chi connectivity index (χ1v) is 7.02. The van der Waals surface area contributed by atoms with Gasteiger partial charge in [0.1, 0.15) is 0 Å². The highest BCUT2D eigenvalue weighted by molar-refractivity contribution is 6.30. The number of nitrogens with one attached hydrogen (secondary N) is 1. The van der Waals surface area contributed by atoms with Gasteiger partial charge in [0.2, 0.25) is 0 Å². The second kappa shape index (κ2) is 6.75. The zero-order chi connectivity index (χ0) is 15.3. The second-order valence-corrected chi connectivity index (χ2v) is 5.41. The van der Waals surface area contributed by atoms with Gasteiger partial charge in [-0.3, -0.25) is 9.59 Å². The molecule has 110 valence electrons. The molecule has 4 nitrogen and oxygen atoms in total. The van der Waals surface area contributed by atoms with Gasteiger partial charge in [-0.1, -0.05) is 25.4 Å². The Morgan fingerprint density at radius 2 is 1.90 bits per heavy atom. The lowest BCUT2D eigenvalue weighted by molar-refractivity contribution is -0.138. The van der Waals surface area contributed by atoms with Gasteiger partial charge in [0.25, 0.3) is 5.91 Å². The number of hydrogen-bond acceptors (Lipinski definition) is 2. The van der Waals surface area contributed by atoms with Crippen molar-refractivity contribution < 1.29 is 14.7 Å². The van der Waals surface area contributed by atoms with Gasteiger partial charge in [0.05, 0.1) is 12.0 Å². The molecular weight excluding hydrogens is 278 g/mol. The van der Waals surface area contributed by atoms with Crippen molar-refractivity contribution in [2.24, 2.45) is 0 Å². The van der Waals surface area contributed by atoms with Crippen LogP contribution in [0.5, 0.6) is 0 Å². The molecule has 0 unspecified atom stereocenters. The van der Waals surface area contributed by atoms with E-state index in [0.717, 1.165) is 5.56 Å². The predicted octanol–water partition coefficient (Wildman–Crippen LogP) is 3.41. The zero-order valence-electron chi connectivity index (χ0n) is 12.0. The predicted molar refractivity (Wildman–Crippen MR) is 79.2 cm³/mol. The SMILES string of the molecule is CCC(CC)(CC(=O)O)NC(=O)c1ccc(Cl)cc1C. The molecule has 0 saturated heterocycles. The molecular formula is C15H20ClNO3. The van der Waals surface area contributed by atoms with E-state index in [1.165, 1.54) is 0 Å². The van der Waals surface area contributed by atoms with Crippen LogP contribution in [0.1, 0.15) is 49.0 Å². The fraction of sp³-hybridized carbons (Fsp3) is 0.467. The molecule has 1 aromatic rings. The maximum atomic E-state index is 12.3. The molecule has 0 bridgehead atoms. The third-order valence-electron chi connectivity index (χ3n) is 3.65. The number of carbonyl (C=O) groups excluding carboxylic acids is 1. The maximum Gasteiger partial charge on any atom is 0.305 e. The Kier molecular flexibility index (Phi) is 5.57. The van der Waals surface area contributed by atoms with Crippen molar-refractivity contribution in [3.8, 4) is 0 Å². The molecule has 0 saturated carbocycles. The standard InChI is InChI=1S/C15H20ClNO3/c1-4-15(5-2,9-13(18)19)17-14(20)12-7-6-11(16)8-10(12)3/h6-8H,4-5,9H2,1-3H3,(H,17,20)(H,18,19). The molecule has 0 aliphatic rings. The number of aryl methyl sites for hydroxylation is 1. The van der Waals surface area contributed by atoms with E-state index in [1.54, 1.807) is 25.1 Å². The minimum absolute atomic E-state index is 0.0849. The molecule has 0 aliphatic heterocycles. The van der Waals surface area contributed by atoms with Crippen molar-refractivity contribution in [2.45, 2.75) is 45.6 Å². The molecule has 1 rings (SSSR count). The number of amides is 1. The van der Waals surface area contributed by atoms with Crippen LogP contribution in [0, 0.1) is 6.92 Å². The van der Waals surface area contributed by atoms with Crippen molar-refractivity contribution in [1.29, 1.82) is 0 Å². The Morgan fingerprint density at radius 3 is 2.35 bits per heavy atom. The van der Waals surface area contributed by atoms with Gasteiger partial charge in [-0.2, -0.15) is 0 Å². The summed E-state index contributed by atoms with van der Waals surface area (Å²) >= 11 is 5.87. The Bertz CT molecular complexity index is 510. The average molecular weight is 298 g/mol. The van der Waals surface area contributed by atoms with Crippen molar-refractivity contribution in [3.05, 3.63) is 34.3 Å². The number of hydrogen-bond donors (Lipinski definition) is 2. The summed E-state index contributed by atoms with van der Waals surface area (Å²) in [5.74, 6) is -1.18. The average Bonchev–Trinajstić information content (AvgIpc) is 2.37. The Balaban J connectivity index is 2.99. The molecule has 1 aromatic carbocycles. The summed E-state index contributed by atoms with van der Waals surface area (Å²) in [6, 6.07) is 5.03. The molecule has 5 heteroatoms. The van der Waals surface area contributed by atoms with Crippen LogP contribution in [0.25, 0.3) is 0 Å². The quantitative estimate of drug-likeness (QED) is 0.845. The van der Waals surface area contributed by atoms with Gasteiger partial charge in [0.15, 0.2) is 0 Å². The minimum atomic E-state index is -0.915. The molecule has 0 radical (unpaired) electrons. The molecule has 0 heterocycles. The lowest BCUT2D eigenvalue weighted by Crippen LogP contribution is -2.49. The first-order chi connectivity index (χ1) is 9.33. The summed E-state index contributed by atoms with van der Waals surface area (Å²) in [5.41, 5.74) is 0.576. The van der Waals surface area contributed by atoms with Gasteiger partial charge in [0, 0.05) is 10.6 Å². The molecule has 0 atom stereocenters. The van der Waals surface area contributed by atoms with Crippen LogP contribution < -0.4 is 5.32 Å². The van der Waals surface area contributed by atoms with Crippen LogP contribution in [0.2, 0.25) is 5.02 Å². The monoisotopic (exact) mass is 297 g/mol. The van der Waals surface area contributed by atoms with E-state index in [4.69, 9.17) is 16.7 Å². The summed E-state index contributed by atoms with van der Waals surface area (Å²) in [6.45, 7) is 5.56. The number of aliphatic carboxylic acids is 1. The summed E-state index contributed by atoms with van der Waals surface area (Å²) in [7, 11) is 0. The highest BCUT2D eigenvalue weighted by atomic mass is 35.5. The van der Waals surface area contributed by atoms with E-state index < -0.39 is 11.5 Å². The molecule has 0 aliphatic carbocycles. The number of benzene rings is 1. The van der Waals surface area contributed by atoms with Gasteiger partial charge in [-0.15, -0.1) is 0 Å². The van der Waals surface area contributed by atoms with E-state index in [2.05, 4.69) is 5.32 Å². The second-order valence-electron chi connectivity index (χ2n) is 4.97. The van der Waals surface area contributed by atoms with Crippen molar-refractivity contribution >= 4 is 23.5 Å². The molecule has 0 aromatic heterocycles. The molecule has 0 fully saturated rings. The van der Waals surface area contributed by atoms with Crippen LogP contribution in [0.3, 0.4) is 0 Å². The normalized spacial score (nSPS) is 11.2. The van der Waals surface area contributed by atoms with Crippen LogP contribution in [0.4, 0.5) is 0 Å². The number of carboxylic acids is 1. The summed E-state index contributed by atoms with van der Waals surface area (Å²) < 4.78 is 0. The third kappa shape index (κ3) is 3.97. The van der Waals surface area contributed by atoms with Crippen molar-refractivity contribution in [3.63, 3.8) is 0 Å². The van der Waals surface area contributed by atoms with Gasteiger partial charge in [-0.25, -0.2) is 0 Å². The smallest absolute Gasteiger partial charge is 0.305 e. The highest BCUT2D eigenvalue weighted by Crippen LogP contribution is 2.22. The van der Waals surface area contributed by atoms with Crippen molar-refractivity contribution in [1.82, 2.24) is 5.32 Å². The van der Waals surface area contributed by atoms with Crippen LogP contribution in [-0.4, -0.2) is 22.5 Å². The molecule has 2 N–H and O–H groups in total. The fourth-order valence-electron chi connectivity index (χ4n) is 2.20. The lowest BCUT2D eigenvalue weighted by Gasteiger charge is -2.31. The number of carboxylic acid groups (broad SMARTS) is 1. The summed E-state index contributed by atoms with van der Waals surface area (Å²) in [5, 5.41) is 12.5. The minimum Gasteiger partial charge on any atom is -0.481 e. The summed E-state index contributed by atoms with van der Waals surface area (Å²) in [6.07, 6.45) is 1.04. The van der Waals surface area contributed by atoms with E-state index in [9.17, 15) is 9.59 Å². The van der Waals surface area contributed by atoms with Crippen LogP contribution in [0.15, 0.2) is 18.2 Å². The summed E-state index contributed by atoms with van der Waals surface area (Å²) in [4.78, 5) is 23.3. The van der Waals surface area contributed by atoms with Gasteiger partial charge in [-0.05, 0) is 43.5 Å². The number of halogens is 1. The Morgan fingerprint density at radius 1 is 1.30 bits per heavy atom. The maximum absolute atomic E-state index is 12.3. The van der Waals surface area contributed by atoms with E-state index >= 15 is 0 Å². The van der Waals surface area contributed by atoms with Gasteiger partial charge >= 0.3 is 5.97 Å². The van der Waals surface area contributed by atoms with E-state index in [-0.39, 0.29) is 12.3 Å². The third-order valence-corrected chi connectivity index (χ3v) is 3.89. The molecule has 20 heavy (non-hydrogen) atoms. The van der Waals surface area contributed by atoms with Crippen molar-refractivity contribution in [2.75, 3.05) is 0 Å². The fourth-order valence-corrected chi connectivity index (χ4v) is 2.43. The first-order valence-electron chi connectivity index (χ1n) is 6.64. The van der Waals surface area contributed by atoms with Gasteiger partial charge < -0.3 is 10.4 Å². The highest BCUT2D eigenvalue weighted by Gasteiger charge is 2.31. The topological polar surface area (TPSA) is 66.4 Å². The zero-order valence-corrected chi connectivity index (χ0v) is 12.8. The van der Waals surface area contributed by atoms with E-state index in [0.29, 0.717) is 23.4 Å².